The second kappa shape index (κ2) is 10.0. The zero-order valence-electron chi connectivity index (χ0n) is 19.7. The molecule has 4 rings (SSSR count). The Morgan fingerprint density at radius 3 is 2.52 bits per heavy atom. The molecule has 0 bridgehead atoms. The van der Waals surface area contributed by atoms with E-state index in [1.807, 2.05) is 30.3 Å². The molecule has 1 aromatic heterocycles. The van der Waals surface area contributed by atoms with E-state index >= 15 is 0 Å². The molecule has 2 fully saturated rings. The fourth-order valence-corrected chi connectivity index (χ4v) is 4.29. The van der Waals surface area contributed by atoms with Gasteiger partial charge in [0.15, 0.2) is 0 Å². The SMILES string of the molecule is CC(C)(C)c1ccc(N(C(=O)[C@H]2CCCN2)C(C(=O)NCC2COC2)c2cccnc2)cc1. The molecule has 1 unspecified atom stereocenters. The third-order valence-electron chi connectivity index (χ3n) is 6.39. The minimum absolute atomic E-state index is 0.00858. The molecular formula is C26H34N4O3. The molecule has 2 saturated heterocycles. The zero-order chi connectivity index (χ0) is 23.4. The number of aromatic nitrogens is 1. The summed E-state index contributed by atoms with van der Waals surface area (Å²) in [6.45, 7) is 9.11. The highest BCUT2D eigenvalue weighted by atomic mass is 16.5. The van der Waals surface area contributed by atoms with E-state index in [-0.39, 0.29) is 23.3 Å². The number of nitrogens with zero attached hydrogens (tertiary/aromatic N) is 2. The van der Waals surface area contributed by atoms with Crippen LogP contribution in [0.4, 0.5) is 5.69 Å². The van der Waals surface area contributed by atoms with Crippen molar-refractivity contribution in [1.82, 2.24) is 15.6 Å². The first-order valence-electron chi connectivity index (χ1n) is 11.8. The van der Waals surface area contributed by atoms with Crippen LogP contribution in [-0.4, -0.2) is 49.1 Å². The number of carbonyl (C=O) groups excluding carboxylic acids is 2. The minimum Gasteiger partial charge on any atom is -0.381 e. The Kier molecular flexibility index (Phi) is 7.10. The van der Waals surface area contributed by atoms with Crippen molar-refractivity contribution in [3.8, 4) is 0 Å². The molecule has 2 aliphatic rings. The van der Waals surface area contributed by atoms with Crippen molar-refractivity contribution in [2.75, 3.05) is 31.2 Å². The third-order valence-corrected chi connectivity index (χ3v) is 6.39. The van der Waals surface area contributed by atoms with Gasteiger partial charge in [-0.05, 0) is 48.6 Å². The lowest BCUT2D eigenvalue weighted by atomic mass is 9.87. The lowest BCUT2D eigenvalue weighted by Gasteiger charge is -2.34. The number of hydrogen-bond donors (Lipinski definition) is 2. The van der Waals surface area contributed by atoms with Crippen molar-refractivity contribution < 1.29 is 14.3 Å². The topological polar surface area (TPSA) is 83.6 Å². The maximum absolute atomic E-state index is 13.8. The lowest BCUT2D eigenvalue weighted by Crippen LogP contribution is -2.51. The summed E-state index contributed by atoms with van der Waals surface area (Å²) in [5.74, 6) is 0.0170. The van der Waals surface area contributed by atoms with Gasteiger partial charge >= 0.3 is 0 Å². The first kappa shape index (κ1) is 23.4. The maximum Gasteiger partial charge on any atom is 0.247 e. The van der Waals surface area contributed by atoms with Gasteiger partial charge in [0, 0.05) is 36.1 Å². The molecule has 2 aromatic rings. The van der Waals surface area contributed by atoms with Gasteiger partial charge in [0.05, 0.1) is 19.3 Å². The van der Waals surface area contributed by atoms with E-state index in [1.54, 1.807) is 23.4 Å². The molecule has 0 radical (unpaired) electrons. The number of carbonyl (C=O) groups is 2. The fraction of sp³-hybridized carbons (Fsp3) is 0.500. The molecule has 7 heteroatoms. The van der Waals surface area contributed by atoms with Crippen LogP contribution >= 0.6 is 0 Å². The first-order valence-corrected chi connectivity index (χ1v) is 11.8. The van der Waals surface area contributed by atoms with E-state index in [0.29, 0.717) is 36.9 Å². The quantitative estimate of drug-likeness (QED) is 0.678. The van der Waals surface area contributed by atoms with E-state index in [1.165, 1.54) is 5.56 Å². The Morgan fingerprint density at radius 1 is 1.21 bits per heavy atom. The standard InChI is InChI=1S/C26H34N4O3/c1-26(2,3)20-8-10-21(11-9-20)30(25(32)22-7-5-13-28-22)23(19-6-4-12-27-15-19)24(31)29-14-18-16-33-17-18/h4,6,8-12,15,18,22-23,28H,5,7,13-14,16-17H2,1-3H3,(H,29,31)/t22-,23?/m1/s1. The van der Waals surface area contributed by atoms with E-state index in [2.05, 4.69) is 36.4 Å². The Morgan fingerprint density at radius 2 is 1.97 bits per heavy atom. The minimum atomic E-state index is -0.810. The molecule has 33 heavy (non-hydrogen) atoms. The number of ether oxygens (including phenoxy) is 1. The monoisotopic (exact) mass is 450 g/mol. The molecule has 0 saturated carbocycles. The second-order valence-corrected chi connectivity index (χ2v) is 9.99. The normalized spacial score (nSPS) is 19.5. The summed E-state index contributed by atoms with van der Waals surface area (Å²) >= 11 is 0. The van der Waals surface area contributed by atoms with Crippen LogP contribution in [-0.2, 0) is 19.7 Å². The molecule has 0 spiro atoms. The fourth-order valence-electron chi connectivity index (χ4n) is 4.29. The number of nitrogens with one attached hydrogen (secondary N) is 2. The van der Waals surface area contributed by atoms with Crippen molar-refractivity contribution in [3.05, 3.63) is 59.9 Å². The molecule has 176 valence electrons. The lowest BCUT2D eigenvalue weighted by molar-refractivity contribution is -0.128. The van der Waals surface area contributed by atoms with Crippen LogP contribution in [0.5, 0.6) is 0 Å². The zero-order valence-corrected chi connectivity index (χ0v) is 19.7. The highest BCUT2D eigenvalue weighted by Gasteiger charge is 2.37. The molecular weight excluding hydrogens is 416 g/mol. The maximum atomic E-state index is 13.8. The molecule has 2 N–H and O–H groups in total. The summed E-state index contributed by atoms with van der Waals surface area (Å²) in [7, 11) is 0. The van der Waals surface area contributed by atoms with Gasteiger partial charge < -0.3 is 15.4 Å². The largest absolute Gasteiger partial charge is 0.381 e. The average molecular weight is 451 g/mol. The summed E-state index contributed by atoms with van der Waals surface area (Å²) in [5.41, 5.74) is 2.56. The van der Waals surface area contributed by atoms with Crippen molar-refractivity contribution in [1.29, 1.82) is 0 Å². The van der Waals surface area contributed by atoms with E-state index in [0.717, 1.165) is 19.4 Å². The molecule has 7 nitrogen and oxygen atoms in total. The van der Waals surface area contributed by atoms with E-state index < -0.39 is 6.04 Å². The summed E-state index contributed by atoms with van der Waals surface area (Å²) in [5, 5.41) is 6.35. The highest BCUT2D eigenvalue weighted by Crippen LogP contribution is 2.32. The van der Waals surface area contributed by atoms with Gasteiger partial charge in [0.2, 0.25) is 11.8 Å². The van der Waals surface area contributed by atoms with E-state index in [4.69, 9.17) is 4.74 Å². The number of amides is 2. The summed E-state index contributed by atoms with van der Waals surface area (Å²) < 4.78 is 5.24. The number of pyridine rings is 1. The summed E-state index contributed by atoms with van der Waals surface area (Å²) in [4.78, 5) is 33.2. The van der Waals surface area contributed by atoms with Gasteiger partial charge in [-0.3, -0.25) is 19.5 Å². The third kappa shape index (κ3) is 5.42. The smallest absolute Gasteiger partial charge is 0.247 e. The van der Waals surface area contributed by atoms with Gasteiger partial charge in [0.1, 0.15) is 6.04 Å². The molecule has 0 aliphatic carbocycles. The summed E-state index contributed by atoms with van der Waals surface area (Å²) in [6, 6.07) is 10.5. The van der Waals surface area contributed by atoms with Crippen LogP contribution in [0, 0.1) is 5.92 Å². The van der Waals surface area contributed by atoms with Crippen LogP contribution < -0.4 is 15.5 Å². The molecule has 3 heterocycles. The van der Waals surface area contributed by atoms with E-state index in [9.17, 15) is 9.59 Å². The van der Waals surface area contributed by atoms with Crippen molar-refractivity contribution in [3.63, 3.8) is 0 Å². The van der Waals surface area contributed by atoms with Gasteiger partial charge in [-0.2, -0.15) is 0 Å². The average Bonchev–Trinajstić information content (AvgIpc) is 3.31. The Labute approximate surface area is 195 Å². The Balaban J connectivity index is 1.71. The van der Waals surface area contributed by atoms with Crippen LogP contribution in [0.25, 0.3) is 0 Å². The molecule has 2 amide bonds. The van der Waals surface area contributed by atoms with Crippen molar-refractivity contribution in [2.45, 2.75) is 51.1 Å². The number of anilines is 1. The number of hydrogen-bond acceptors (Lipinski definition) is 5. The number of rotatable bonds is 7. The summed E-state index contributed by atoms with van der Waals surface area (Å²) in [6.07, 6.45) is 5.05. The van der Waals surface area contributed by atoms with Gasteiger partial charge in [-0.15, -0.1) is 0 Å². The van der Waals surface area contributed by atoms with Crippen LogP contribution in [0.15, 0.2) is 48.8 Å². The van der Waals surface area contributed by atoms with Crippen molar-refractivity contribution >= 4 is 17.5 Å². The predicted molar refractivity (Wildman–Crippen MR) is 128 cm³/mol. The highest BCUT2D eigenvalue weighted by molar-refractivity contribution is 6.03. The van der Waals surface area contributed by atoms with Crippen LogP contribution in [0.3, 0.4) is 0 Å². The first-order chi connectivity index (χ1) is 15.8. The predicted octanol–water partition coefficient (Wildman–Crippen LogP) is 2.97. The second-order valence-electron chi connectivity index (χ2n) is 9.99. The molecule has 1 aromatic carbocycles. The number of benzene rings is 1. The van der Waals surface area contributed by atoms with Crippen LogP contribution in [0.2, 0.25) is 0 Å². The molecule has 2 atom stereocenters. The van der Waals surface area contributed by atoms with Gasteiger partial charge in [-0.25, -0.2) is 0 Å². The Hall–Kier alpha value is -2.77. The Bertz CT molecular complexity index is 946. The van der Waals surface area contributed by atoms with Crippen molar-refractivity contribution in [2.24, 2.45) is 5.92 Å². The molecule has 2 aliphatic heterocycles. The van der Waals surface area contributed by atoms with Gasteiger partial charge in [-0.1, -0.05) is 39.0 Å². The van der Waals surface area contributed by atoms with Gasteiger partial charge in [0.25, 0.3) is 0 Å². The van der Waals surface area contributed by atoms with Crippen LogP contribution in [0.1, 0.15) is 50.8 Å².